The van der Waals surface area contributed by atoms with Crippen molar-refractivity contribution in [3.8, 4) is 0 Å². The van der Waals surface area contributed by atoms with Crippen LogP contribution in [-0.4, -0.2) is 12.1 Å². The second-order valence-corrected chi connectivity index (χ2v) is 6.21. The standard InChI is InChI=1S/C16H23N3O/c1-10(17)13-3-2-4-14(9-13)18-16(20)19-15(11-5-6-11)12-7-8-12/h2-4,9-12,15H,5-8,17H2,1H3,(H2,18,19,20). The van der Waals surface area contributed by atoms with Crippen molar-refractivity contribution < 1.29 is 4.79 Å². The second kappa shape index (κ2) is 5.44. The predicted octanol–water partition coefficient (Wildman–Crippen LogP) is 3.02. The molecule has 20 heavy (non-hydrogen) atoms. The molecule has 4 nitrogen and oxygen atoms in total. The van der Waals surface area contributed by atoms with E-state index in [1.807, 2.05) is 31.2 Å². The number of benzene rings is 1. The van der Waals surface area contributed by atoms with E-state index < -0.39 is 0 Å². The monoisotopic (exact) mass is 273 g/mol. The third-order valence-electron chi connectivity index (χ3n) is 4.23. The summed E-state index contributed by atoms with van der Waals surface area (Å²) in [6.07, 6.45) is 5.06. The first kappa shape index (κ1) is 13.4. The van der Waals surface area contributed by atoms with Crippen molar-refractivity contribution in [2.75, 3.05) is 5.32 Å². The van der Waals surface area contributed by atoms with Crippen LogP contribution in [0.3, 0.4) is 0 Å². The molecule has 0 aliphatic heterocycles. The number of nitrogens with two attached hydrogens (primary N) is 1. The number of hydrogen-bond acceptors (Lipinski definition) is 2. The molecule has 2 fully saturated rings. The molecule has 2 amide bonds. The topological polar surface area (TPSA) is 67.1 Å². The maximum Gasteiger partial charge on any atom is 0.319 e. The Morgan fingerprint density at radius 3 is 2.45 bits per heavy atom. The van der Waals surface area contributed by atoms with E-state index in [4.69, 9.17) is 5.73 Å². The van der Waals surface area contributed by atoms with Crippen LogP contribution >= 0.6 is 0 Å². The van der Waals surface area contributed by atoms with Gasteiger partial charge in [-0.25, -0.2) is 4.79 Å². The van der Waals surface area contributed by atoms with Crippen molar-refractivity contribution in [3.63, 3.8) is 0 Å². The molecule has 0 aromatic heterocycles. The molecule has 4 N–H and O–H groups in total. The van der Waals surface area contributed by atoms with Crippen LogP contribution < -0.4 is 16.4 Å². The van der Waals surface area contributed by atoms with Crippen LogP contribution in [0.15, 0.2) is 24.3 Å². The van der Waals surface area contributed by atoms with Gasteiger partial charge in [0.1, 0.15) is 0 Å². The summed E-state index contributed by atoms with van der Waals surface area (Å²) < 4.78 is 0. The van der Waals surface area contributed by atoms with E-state index in [0.29, 0.717) is 17.9 Å². The van der Waals surface area contributed by atoms with E-state index in [2.05, 4.69) is 10.6 Å². The molecule has 0 spiro atoms. The third-order valence-corrected chi connectivity index (χ3v) is 4.23. The summed E-state index contributed by atoms with van der Waals surface area (Å²) >= 11 is 0. The van der Waals surface area contributed by atoms with E-state index in [0.717, 1.165) is 11.3 Å². The Labute approximate surface area is 120 Å². The lowest BCUT2D eigenvalue weighted by molar-refractivity contribution is 0.245. The highest BCUT2D eigenvalue weighted by Gasteiger charge is 2.42. The SMILES string of the molecule is CC(N)c1cccc(NC(=O)NC(C2CC2)C2CC2)c1. The van der Waals surface area contributed by atoms with Crippen molar-refractivity contribution in [1.29, 1.82) is 0 Å². The minimum absolute atomic E-state index is 0.0227. The maximum atomic E-state index is 12.1. The summed E-state index contributed by atoms with van der Waals surface area (Å²) in [6.45, 7) is 1.94. The number of carbonyl (C=O) groups excluding carboxylic acids is 1. The Hall–Kier alpha value is -1.55. The van der Waals surface area contributed by atoms with Gasteiger partial charge in [0.05, 0.1) is 0 Å². The van der Waals surface area contributed by atoms with Gasteiger partial charge in [-0.3, -0.25) is 0 Å². The van der Waals surface area contributed by atoms with Gasteiger partial charge in [0.25, 0.3) is 0 Å². The van der Waals surface area contributed by atoms with Crippen LogP contribution in [0.2, 0.25) is 0 Å². The average Bonchev–Trinajstić information content (AvgIpc) is 3.28. The molecule has 2 saturated carbocycles. The maximum absolute atomic E-state index is 12.1. The zero-order chi connectivity index (χ0) is 14.1. The van der Waals surface area contributed by atoms with Gasteiger partial charge < -0.3 is 16.4 Å². The second-order valence-electron chi connectivity index (χ2n) is 6.21. The average molecular weight is 273 g/mol. The molecule has 0 heterocycles. The third kappa shape index (κ3) is 3.31. The molecule has 3 rings (SSSR count). The minimum atomic E-state index is -0.0874. The fourth-order valence-electron chi connectivity index (χ4n) is 2.75. The van der Waals surface area contributed by atoms with E-state index >= 15 is 0 Å². The van der Waals surface area contributed by atoms with Gasteiger partial charge in [0.15, 0.2) is 0 Å². The Morgan fingerprint density at radius 2 is 1.90 bits per heavy atom. The number of rotatable bonds is 5. The van der Waals surface area contributed by atoms with Gasteiger partial charge in [0, 0.05) is 17.8 Å². The summed E-state index contributed by atoms with van der Waals surface area (Å²) in [5.74, 6) is 1.42. The normalized spacial score (nSPS) is 19.8. The van der Waals surface area contributed by atoms with Crippen LogP contribution in [0.25, 0.3) is 0 Å². The molecule has 0 bridgehead atoms. The molecule has 108 valence electrons. The number of amides is 2. The van der Waals surface area contributed by atoms with E-state index in [9.17, 15) is 4.79 Å². The van der Waals surface area contributed by atoms with Crippen molar-refractivity contribution in [3.05, 3.63) is 29.8 Å². The van der Waals surface area contributed by atoms with Gasteiger partial charge in [-0.15, -0.1) is 0 Å². The van der Waals surface area contributed by atoms with Crippen LogP contribution in [0.1, 0.15) is 44.2 Å². The molecule has 4 heteroatoms. The summed E-state index contributed by atoms with van der Waals surface area (Å²) in [6, 6.07) is 8.01. The largest absolute Gasteiger partial charge is 0.335 e. The van der Waals surface area contributed by atoms with Gasteiger partial charge in [-0.2, -0.15) is 0 Å². The van der Waals surface area contributed by atoms with Crippen molar-refractivity contribution >= 4 is 11.7 Å². The first-order chi connectivity index (χ1) is 9.63. The van der Waals surface area contributed by atoms with Crippen LogP contribution in [-0.2, 0) is 0 Å². The van der Waals surface area contributed by atoms with Crippen LogP contribution in [0, 0.1) is 11.8 Å². The Bertz CT molecular complexity index is 480. The quantitative estimate of drug-likeness (QED) is 0.772. The molecule has 0 radical (unpaired) electrons. The zero-order valence-electron chi connectivity index (χ0n) is 11.9. The zero-order valence-corrected chi connectivity index (χ0v) is 11.9. The first-order valence-electron chi connectivity index (χ1n) is 7.56. The van der Waals surface area contributed by atoms with Gasteiger partial charge in [-0.1, -0.05) is 12.1 Å². The van der Waals surface area contributed by atoms with Crippen molar-refractivity contribution in [2.45, 2.75) is 44.7 Å². The van der Waals surface area contributed by atoms with Crippen molar-refractivity contribution in [2.24, 2.45) is 17.6 Å². The smallest absolute Gasteiger partial charge is 0.319 e. The summed E-state index contributed by atoms with van der Waals surface area (Å²) in [5, 5.41) is 6.08. The number of urea groups is 1. The van der Waals surface area contributed by atoms with Crippen molar-refractivity contribution in [1.82, 2.24) is 5.32 Å². The van der Waals surface area contributed by atoms with E-state index in [1.165, 1.54) is 25.7 Å². The molecule has 2 aliphatic rings. The molecule has 0 saturated heterocycles. The van der Waals surface area contributed by atoms with Gasteiger partial charge in [-0.05, 0) is 62.1 Å². The lowest BCUT2D eigenvalue weighted by Crippen LogP contribution is -2.40. The van der Waals surface area contributed by atoms with Gasteiger partial charge >= 0.3 is 6.03 Å². The number of carbonyl (C=O) groups is 1. The number of hydrogen-bond donors (Lipinski definition) is 3. The first-order valence-corrected chi connectivity index (χ1v) is 7.56. The fourth-order valence-corrected chi connectivity index (χ4v) is 2.75. The molecular formula is C16H23N3O. The predicted molar refractivity (Wildman–Crippen MR) is 80.4 cm³/mol. The highest BCUT2D eigenvalue weighted by Crippen LogP contribution is 2.44. The highest BCUT2D eigenvalue weighted by molar-refractivity contribution is 5.89. The summed E-state index contributed by atoms with van der Waals surface area (Å²) in [5.41, 5.74) is 7.70. The van der Waals surface area contributed by atoms with E-state index in [-0.39, 0.29) is 12.1 Å². The Kier molecular flexibility index (Phi) is 3.66. The summed E-state index contributed by atoms with van der Waals surface area (Å²) in [7, 11) is 0. The Morgan fingerprint density at radius 1 is 1.25 bits per heavy atom. The Balaban J connectivity index is 1.59. The minimum Gasteiger partial charge on any atom is -0.335 e. The molecule has 1 aromatic carbocycles. The molecule has 1 atom stereocenters. The van der Waals surface area contributed by atoms with E-state index in [1.54, 1.807) is 0 Å². The van der Waals surface area contributed by atoms with Crippen LogP contribution in [0.5, 0.6) is 0 Å². The number of nitrogens with one attached hydrogen (secondary N) is 2. The molecule has 2 aliphatic carbocycles. The molecule has 1 aromatic rings. The van der Waals surface area contributed by atoms with Crippen LogP contribution in [0.4, 0.5) is 10.5 Å². The molecule has 1 unspecified atom stereocenters. The molecular weight excluding hydrogens is 250 g/mol. The fraction of sp³-hybridized carbons (Fsp3) is 0.562. The van der Waals surface area contributed by atoms with Gasteiger partial charge in [0.2, 0.25) is 0 Å². The lowest BCUT2D eigenvalue weighted by Gasteiger charge is -2.18. The highest BCUT2D eigenvalue weighted by atomic mass is 16.2. The lowest BCUT2D eigenvalue weighted by atomic mass is 10.1. The number of anilines is 1. The summed E-state index contributed by atoms with van der Waals surface area (Å²) in [4.78, 5) is 12.1.